The number of likely N-dealkylation sites (N-methyl/N-ethyl adjacent to an activating group) is 1. The predicted molar refractivity (Wildman–Crippen MR) is 189 cm³/mol. The number of carbonyl (C=O) groups excluding carboxylic acids is 3. The van der Waals surface area contributed by atoms with Crippen molar-refractivity contribution in [2.75, 3.05) is 20.1 Å². The molecular weight excluding hydrogens is 600 g/mol. The molecule has 0 saturated carbocycles. The summed E-state index contributed by atoms with van der Waals surface area (Å²) in [6.07, 6.45) is 0.503. The van der Waals surface area contributed by atoms with Crippen molar-refractivity contribution in [3.8, 4) is 17.2 Å². The minimum absolute atomic E-state index is 0.194. The van der Waals surface area contributed by atoms with E-state index in [0.29, 0.717) is 47.5 Å². The van der Waals surface area contributed by atoms with Gasteiger partial charge in [0.1, 0.15) is 0 Å². The number of amides is 3. The zero-order chi connectivity index (χ0) is 34.5. The molecule has 0 spiro atoms. The molecule has 0 fully saturated rings. The molecule has 0 aromatic heterocycles. The Balaban J connectivity index is 1.61. The molecular formula is C39H42N6O3. The molecule has 4 aromatic carbocycles. The lowest BCUT2D eigenvalue weighted by atomic mass is 9.95. The maximum atomic E-state index is 14.0. The van der Waals surface area contributed by atoms with Crippen molar-refractivity contribution in [3.63, 3.8) is 0 Å². The van der Waals surface area contributed by atoms with Crippen LogP contribution >= 0.6 is 0 Å². The summed E-state index contributed by atoms with van der Waals surface area (Å²) in [6, 6.07) is 32.4. The second kappa shape index (κ2) is 17.3. The van der Waals surface area contributed by atoms with Gasteiger partial charge in [0.15, 0.2) is 0 Å². The number of benzene rings is 4. The molecule has 0 heterocycles. The van der Waals surface area contributed by atoms with E-state index < -0.39 is 12.1 Å². The predicted octanol–water partition coefficient (Wildman–Crippen LogP) is 4.88. The van der Waals surface area contributed by atoms with Crippen LogP contribution in [0.15, 0.2) is 115 Å². The molecule has 0 aliphatic carbocycles. The van der Waals surface area contributed by atoms with Crippen LogP contribution in [0.5, 0.6) is 0 Å². The molecule has 246 valence electrons. The normalized spacial score (nSPS) is 12.5. The first kappa shape index (κ1) is 35.1. The van der Waals surface area contributed by atoms with Crippen LogP contribution in [-0.4, -0.2) is 49.9 Å². The maximum absolute atomic E-state index is 14.0. The van der Waals surface area contributed by atoms with Crippen molar-refractivity contribution >= 4 is 17.7 Å². The van der Waals surface area contributed by atoms with Gasteiger partial charge in [0, 0.05) is 36.5 Å². The van der Waals surface area contributed by atoms with Crippen molar-refractivity contribution in [1.29, 1.82) is 5.26 Å². The Labute approximate surface area is 282 Å². The largest absolute Gasteiger partial charge is 0.390 e. The van der Waals surface area contributed by atoms with Gasteiger partial charge in [-0.15, -0.1) is 0 Å². The molecule has 0 bridgehead atoms. The highest BCUT2D eigenvalue weighted by atomic mass is 16.2. The van der Waals surface area contributed by atoms with Gasteiger partial charge >= 0.3 is 0 Å². The molecule has 3 amide bonds. The molecule has 0 aliphatic heterocycles. The highest BCUT2D eigenvalue weighted by molar-refractivity contribution is 6.02. The van der Waals surface area contributed by atoms with Crippen LogP contribution in [-0.2, 0) is 11.2 Å². The molecule has 0 aliphatic rings. The minimum Gasteiger partial charge on any atom is -0.390 e. The topological polar surface area (TPSA) is 135 Å². The summed E-state index contributed by atoms with van der Waals surface area (Å²) < 4.78 is 0. The van der Waals surface area contributed by atoms with E-state index in [1.807, 2.05) is 73.7 Å². The summed E-state index contributed by atoms with van der Waals surface area (Å²) >= 11 is 0. The van der Waals surface area contributed by atoms with E-state index in [4.69, 9.17) is 0 Å². The van der Waals surface area contributed by atoms with E-state index in [-0.39, 0.29) is 29.3 Å². The number of nitrogens with one attached hydrogen (secondary N) is 5. The molecule has 0 radical (unpaired) electrons. The smallest absolute Gasteiger partial charge is 0.251 e. The molecule has 9 nitrogen and oxygen atoms in total. The van der Waals surface area contributed by atoms with Gasteiger partial charge in [-0.3, -0.25) is 14.4 Å². The van der Waals surface area contributed by atoms with Gasteiger partial charge in [0.05, 0.1) is 30.3 Å². The monoisotopic (exact) mass is 642 g/mol. The van der Waals surface area contributed by atoms with Crippen LogP contribution in [0.25, 0.3) is 11.1 Å². The van der Waals surface area contributed by atoms with E-state index in [1.165, 1.54) is 0 Å². The number of nitriles is 1. The fraction of sp³-hybridized carbons (Fsp3) is 0.231. The summed E-state index contributed by atoms with van der Waals surface area (Å²) in [6.45, 7) is 8.10. The molecule has 48 heavy (non-hydrogen) atoms. The van der Waals surface area contributed by atoms with E-state index >= 15 is 0 Å². The van der Waals surface area contributed by atoms with Crippen molar-refractivity contribution in [2.24, 2.45) is 0 Å². The van der Waals surface area contributed by atoms with Gasteiger partial charge in [-0.25, -0.2) is 0 Å². The summed E-state index contributed by atoms with van der Waals surface area (Å²) in [5.74, 6) is -0.929. The molecule has 4 aromatic rings. The van der Waals surface area contributed by atoms with Gasteiger partial charge in [-0.05, 0) is 66.8 Å². The summed E-state index contributed by atoms with van der Waals surface area (Å²) in [5, 5.41) is 24.9. The van der Waals surface area contributed by atoms with E-state index in [2.05, 4.69) is 39.2 Å². The van der Waals surface area contributed by atoms with Crippen molar-refractivity contribution < 1.29 is 14.4 Å². The second-order valence-electron chi connectivity index (χ2n) is 11.6. The number of hydrogen-bond donors (Lipinski definition) is 5. The van der Waals surface area contributed by atoms with Gasteiger partial charge in [0.2, 0.25) is 5.91 Å². The van der Waals surface area contributed by atoms with Crippen LogP contribution in [0, 0.1) is 11.3 Å². The van der Waals surface area contributed by atoms with Crippen molar-refractivity contribution in [2.45, 2.75) is 38.4 Å². The molecule has 0 saturated heterocycles. The molecule has 1 unspecified atom stereocenters. The van der Waals surface area contributed by atoms with Gasteiger partial charge in [-0.1, -0.05) is 85.4 Å². The van der Waals surface area contributed by atoms with Crippen molar-refractivity contribution in [3.05, 3.63) is 143 Å². The Morgan fingerprint density at radius 2 is 1.42 bits per heavy atom. The van der Waals surface area contributed by atoms with Gasteiger partial charge < -0.3 is 26.6 Å². The Bertz CT molecular complexity index is 1770. The van der Waals surface area contributed by atoms with Crippen LogP contribution in [0.2, 0.25) is 0 Å². The lowest BCUT2D eigenvalue weighted by molar-refractivity contribution is -0.122. The van der Waals surface area contributed by atoms with E-state index in [0.717, 1.165) is 11.1 Å². The molecule has 5 N–H and O–H groups in total. The number of carbonyl (C=O) groups is 3. The van der Waals surface area contributed by atoms with Crippen LogP contribution in [0.1, 0.15) is 57.3 Å². The van der Waals surface area contributed by atoms with Crippen molar-refractivity contribution in [1.82, 2.24) is 26.6 Å². The quantitative estimate of drug-likeness (QED) is 0.125. The van der Waals surface area contributed by atoms with E-state index in [1.54, 1.807) is 50.4 Å². The third-order valence-electron chi connectivity index (χ3n) is 8.02. The standard InChI is InChI=1S/C39H42N6O3/c1-26(41-4)24-43-37(46)28(3)42-25-35(19-29-13-7-5-8-14-29)45-39(48)34-21-32(36-18-12-11-17-31(36)23-40)20-33(22-34)38(47)44-27(2)30-15-9-6-10-16-30/h5-18,20-22,27-28,35,41-42H,1,19,24-25H2,2-4H3,(H,43,46)(H,44,47)(H,45,48)/t27-,28?,35+/m1/s1. The van der Waals surface area contributed by atoms with Gasteiger partial charge in [-0.2, -0.15) is 5.26 Å². The third-order valence-corrected chi connectivity index (χ3v) is 8.02. The third kappa shape index (κ3) is 9.89. The van der Waals surface area contributed by atoms with Crippen LogP contribution in [0.3, 0.4) is 0 Å². The number of nitrogens with zero attached hydrogens (tertiary/aromatic N) is 1. The first-order chi connectivity index (χ1) is 23.2. The SMILES string of the molecule is C=C(CNC(=O)C(C)NC[C@H](Cc1ccccc1)NC(=O)c1cc(C(=O)N[C@H](C)c2ccccc2)cc(-c2ccccc2C#N)c1)NC. The lowest BCUT2D eigenvalue weighted by Crippen LogP contribution is -2.50. The Morgan fingerprint density at radius 1 is 0.812 bits per heavy atom. The zero-order valence-electron chi connectivity index (χ0n) is 27.5. The Kier molecular flexibility index (Phi) is 12.6. The summed E-state index contributed by atoms with van der Waals surface area (Å²) in [5.41, 5.74) is 4.82. The van der Waals surface area contributed by atoms with Crippen LogP contribution in [0.4, 0.5) is 0 Å². The molecule has 9 heteroatoms. The second-order valence-corrected chi connectivity index (χ2v) is 11.6. The fourth-order valence-corrected chi connectivity index (χ4v) is 5.17. The van der Waals surface area contributed by atoms with Crippen LogP contribution < -0.4 is 26.6 Å². The molecule has 3 atom stereocenters. The zero-order valence-corrected chi connectivity index (χ0v) is 27.5. The average molecular weight is 643 g/mol. The highest BCUT2D eigenvalue weighted by Gasteiger charge is 2.21. The maximum Gasteiger partial charge on any atom is 0.251 e. The summed E-state index contributed by atoms with van der Waals surface area (Å²) in [7, 11) is 1.74. The van der Waals surface area contributed by atoms with Gasteiger partial charge in [0.25, 0.3) is 11.8 Å². The van der Waals surface area contributed by atoms with E-state index in [9.17, 15) is 19.6 Å². The first-order valence-corrected chi connectivity index (χ1v) is 15.9. The average Bonchev–Trinajstić information content (AvgIpc) is 3.12. The number of rotatable bonds is 15. The highest BCUT2D eigenvalue weighted by Crippen LogP contribution is 2.26. The lowest BCUT2D eigenvalue weighted by Gasteiger charge is -2.23. The minimum atomic E-state index is -0.530. The fourth-order valence-electron chi connectivity index (χ4n) is 5.17. The Hall–Kier alpha value is -5.72. The summed E-state index contributed by atoms with van der Waals surface area (Å²) in [4.78, 5) is 40.2. The Morgan fingerprint density at radius 3 is 2.06 bits per heavy atom. The number of hydrogen-bond acceptors (Lipinski definition) is 6. The molecule has 4 rings (SSSR count). The first-order valence-electron chi connectivity index (χ1n) is 15.9.